The summed E-state index contributed by atoms with van der Waals surface area (Å²) in [6.07, 6.45) is 0.850. The van der Waals surface area contributed by atoms with Gasteiger partial charge < -0.3 is 10.6 Å². The predicted octanol–water partition coefficient (Wildman–Crippen LogP) is 2.81. The molecular formula is C14H24N2OS. The average molecular weight is 268 g/mol. The maximum atomic E-state index is 12.2. The highest BCUT2D eigenvalue weighted by Gasteiger charge is 2.16. The van der Waals surface area contributed by atoms with Crippen molar-refractivity contribution < 1.29 is 4.79 Å². The van der Waals surface area contributed by atoms with Crippen molar-refractivity contribution in [3.05, 3.63) is 21.4 Å². The minimum Gasteiger partial charge on any atom is -0.341 e. The van der Waals surface area contributed by atoms with E-state index in [1.807, 2.05) is 27.0 Å². The fourth-order valence-corrected chi connectivity index (χ4v) is 2.67. The van der Waals surface area contributed by atoms with E-state index in [1.54, 1.807) is 16.2 Å². The first kappa shape index (κ1) is 15.2. The zero-order chi connectivity index (χ0) is 13.9. The predicted molar refractivity (Wildman–Crippen MR) is 78.2 cm³/mol. The highest BCUT2D eigenvalue weighted by Crippen LogP contribution is 2.21. The highest BCUT2D eigenvalue weighted by molar-refractivity contribution is 7.14. The number of nitrogens with two attached hydrogens (primary N) is 1. The molecule has 0 saturated heterocycles. The number of nitrogens with zero attached hydrogens (tertiary/aromatic N) is 1. The normalized spacial score (nSPS) is 12.8. The SMILES string of the molecule is Cc1cc(C(=O)N(C)CCC(N)C(C)C)sc1C. The summed E-state index contributed by atoms with van der Waals surface area (Å²) in [5.41, 5.74) is 7.19. The molecule has 0 aliphatic heterocycles. The Morgan fingerprint density at radius 2 is 2.06 bits per heavy atom. The molecule has 18 heavy (non-hydrogen) atoms. The molecule has 0 bridgehead atoms. The second kappa shape index (κ2) is 6.34. The van der Waals surface area contributed by atoms with E-state index in [0.717, 1.165) is 11.3 Å². The maximum absolute atomic E-state index is 12.2. The van der Waals surface area contributed by atoms with E-state index >= 15 is 0 Å². The van der Waals surface area contributed by atoms with Crippen LogP contribution in [-0.4, -0.2) is 30.4 Å². The molecule has 1 heterocycles. The van der Waals surface area contributed by atoms with Gasteiger partial charge in [-0.15, -0.1) is 11.3 Å². The first-order chi connectivity index (χ1) is 8.32. The maximum Gasteiger partial charge on any atom is 0.263 e. The lowest BCUT2D eigenvalue weighted by atomic mass is 10.0. The molecule has 1 atom stereocenters. The monoisotopic (exact) mass is 268 g/mol. The number of hydrogen-bond acceptors (Lipinski definition) is 3. The van der Waals surface area contributed by atoms with Crippen LogP contribution in [0.3, 0.4) is 0 Å². The zero-order valence-electron chi connectivity index (χ0n) is 12.0. The van der Waals surface area contributed by atoms with Gasteiger partial charge >= 0.3 is 0 Å². The van der Waals surface area contributed by atoms with Crippen LogP contribution in [0.15, 0.2) is 6.07 Å². The van der Waals surface area contributed by atoms with Gasteiger partial charge in [-0.25, -0.2) is 0 Å². The molecule has 1 unspecified atom stereocenters. The smallest absolute Gasteiger partial charge is 0.263 e. The van der Waals surface area contributed by atoms with Gasteiger partial charge in [-0.1, -0.05) is 13.8 Å². The number of aryl methyl sites for hydroxylation is 2. The minimum absolute atomic E-state index is 0.104. The van der Waals surface area contributed by atoms with Gasteiger partial charge in [0.1, 0.15) is 0 Å². The van der Waals surface area contributed by atoms with Gasteiger partial charge in [-0.2, -0.15) is 0 Å². The van der Waals surface area contributed by atoms with Crippen molar-refractivity contribution >= 4 is 17.2 Å². The van der Waals surface area contributed by atoms with Crippen molar-refractivity contribution in [1.29, 1.82) is 0 Å². The summed E-state index contributed by atoms with van der Waals surface area (Å²) < 4.78 is 0. The number of rotatable bonds is 5. The van der Waals surface area contributed by atoms with E-state index in [1.165, 1.54) is 10.4 Å². The van der Waals surface area contributed by atoms with Crippen molar-refractivity contribution in [3.63, 3.8) is 0 Å². The van der Waals surface area contributed by atoms with Crippen LogP contribution in [-0.2, 0) is 0 Å². The van der Waals surface area contributed by atoms with Gasteiger partial charge in [0, 0.05) is 24.5 Å². The Morgan fingerprint density at radius 3 is 2.50 bits per heavy atom. The Balaban J connectivity index is 2.56. The fourth-order valence-electron chi connectivity index (χ4n) is 1.64. The molecule has 3 nitrogen and oxygen atoms in total. The molecule has 0 radical (unpaired) electrons. The third-order valence-corrected chi connectivity index (χ3v) is 4.52. The lowest BCUT2D eigenvalue weighted by Crippen LogP contribution is -2.34. The van der Waals surface area contributed by atoms with Crippen molar-refractivity contribution in [3.8, 4) is 0 Å². The number of thiophene rings is 1. The lowest BCUT2D eigenvalue weighted by molar-refractivity contribution is 0.0794. The van der Waals surface area contributed by atoms with Crippen LogP contribution in [0.4, 0.5) is 0 Å². The average Bonchev–Trinajstić information content (AvgIpc) is 2.64. The first-order valence-electron chi connectivity index (χ1n) is 6.41. The lowest BCUT2D eigenvalue weighted by Gasteiger charge is -2.21. The summed E-state index contributed by atoms with van der Waals surface area (Å²) in [6.45, 7) is 9.02. The van der Waals surface area contributed by atoms with Gasteiger partial charge in [0.25, 0.3) is 5.91 Å². The van der Waals surface area contributed by atoms with E-state index in [2.05, 4.69) is 13.8 Å². The molecule has 1 rings (SSSR count). The number of hydrogen-bond donors (Lipinski definition) is 1. The Hall–Kier alpha value is -0.870. The first-order valence-corrected chi connectivity index (χ1v) is 7.22. The molecule has 1 amide bonds. The molecule has 0 aliphatic rings. The van der Waals surface area contributed by atoms with Crippen molar-refractivity contribution in [2.75, 3.05) is 13.6 Å². The summed E-state index contributed by atoms with van der Waals surface area (Å²) in [4.78, 5) is 16.0. The Labute approximate surface area is 114 Å². The second-order valence-corrected chi connectivity index (χ2v) is 6.53. The van der Waals surface area contributed by atoms with Crippen LogP contribution in [0.5, 0.6) is 0 Å². The van der Waals surface area contributed by atoms with Crippen LogP contribution in [0.2, 0.25) is 0 Å². The number of amides is 1. The molecule has 0 aliphatic carbocycles. The topological polar surface area (TPSA) is 46.3 Å². The van der Waals surface area contributed by atoms with Gasteiger partial charge in [0.05, 0.1) is 4.88 Å². The van der Waals surface area contributed by atoms with Crippen LogP contribution >= 0.6 is 11.3 Å². The molecule has 1 aromatic heterocycles. The third kappa shape index (κ3) is 3.82. The van der Waals surface area contributed by atoms with Crippen LogP contribution in [0, 0.1) is 19.8 Å². The molecule has 0 spiro atoms. The van der Waals surface area contributed by atoms with Crippen molar-refractivity contribution in [2.45, 2.75) is 40.2 Å². The van der Waals surface area contributed by atoms with Gasteiger partial charge in [0.2, 0.25) is 0 Å². The molecule has 0 fully saturated rings. The summed E-state index contributed by atoms with van der Waals surface area (Å²) in [5.74, 6) is 0.562. The van der Waals surface area contributed by atoms with E-state index < -0.39 is 0 Å². The molecular weight excluding hydrogens is 244 g/mol. The van der Waals surface area contributed by atoms with E-state index in [4.69, 9.17) is 5.73 Å². The van der Waals surface area contributed by atoms with Crippen molar-refractivity contribution in [1.82, 2.24) is 4.90 Å². The van der Waals surface area contributed by atoms with Crippen LogP contribution in [0.1, 0.15) is 40.4 Å². The van der Waals surface area contributed by atoms with E-state index in [0.29, 0.717) is 12.5 Å². The van der Waals surface area contributed by atoms with Gasteiger partial charge in [-0.3, -0.25) is 4.79 Å². The van der Waals surface area contributed by atoms with Crippen LogP contribution < -0.4 is 5.73 Å². The standard InChI is InChI=1S/C14H24N2OS/c1-9(2)12(15)6-7-16(5)14(17)13-8-10(3)11(4)18-13/h8-9,12H,6-7,15H2,1-5H3. The van der Waals surface area contributed by atoms with Gasteiger partial charge in [0.15, 0.2) is 0 Å². The number of carbonyl (C=O) groups is 1. The summed E-state index contributed by atoms with van der Waals surface area (Å²) >= 11 is 1.57. The Morgan fingerprint density at radius 1 is 1.44 bits per heavy atom. The molecule has 1 aromatic rings. The van der Waals surface area contributed by atoms with E-state index in [-0.39, 0.29) is 11.9 Å². The largest absolute Gasteiger partial charge is 0.341 e. The minimum atomic E-state index is 0.104. The van der Waals surface area contributed by atoms with Gasteiger partial charge in [-0.05, 0) is 37.8 Å². The summed E-state index contributed by atoms with van der Waals surface area (Å²) in [6, 6.07) is 2.13. The Kier molecular flexibility index (Phi) is 5.35. The quantitative estimate of drug-likeness (QED) is 0.892. The highest BCUT2D eigenvalue weighted by atomic mass is 32.1. The molecule has 2 N–H and O–H groups in total. The molecule has 4 heteroatoms. The summed E-state index contributed by atoms with van der Waals surface area (Å²) in [7, 11) is 1.85. The Bertz CT molecular complexity index is 392. The molecule has 0 aromatic carbocycles. The second-order valence-electron chi connectivity index (χ2n) is 5.27. The fraction of sp³-hybridized carbons (Fsp3) is 0.643. The number of carbonyl (C=O) groups excluding carboxylic acids is 1. The van der Waals surface area contributed by atoms with E-state index in [9.17, 15) is 4.79 Å². The third-order valence-electron chi connectivity index (χ3n) is 3.38. The molecule has 0 saturated carbocycles. The zero-order valence-corrected chi connectivity index (χ0v) is 12.8. The van der Waals surface area contributed by atoms with Crippen LogP contribution in [0.25, 0.3) is 0 Å². The molecule has 102 valence electrons. The van der Waals surface area contributed by atoms with Crippen molar-refractivity contribution in [2.24, 2.45) is 11.7 Å². The summed E-state index contributed by atoms with van der Waals surface area (Å²) in [5, 5.41) is 0.